The van der Waals surface area contributed by atoms with Gasteiger partial charge in [0.1, 0.15) is 0 Å². The topological polar surface area (TPSA) is 77.3 Å². The molecule has 0 spiro atoms. The summed E-state index contributed by atoms with van der Waals surface area (Å²) < 4.78 is 0. The minimum atomic E-state index is 0.666. The molecule has 0 bridgehead atoms. The van der Waals surface area contributed by atoms with E-state index in [-0.39, 0.29) is 0 Å². The lowest BCUT2D eigenvalue weighted by Gasteiger charge is -2.23. The number of aryl methyl sites for hydroxylation is 6. The standard InChI is InChI=1S/C104H80N6/c1-65-25-47-91(73-27-35-77(36-28-73)97-21-9-13-49-105-97)101(71(65)7)87-61-83(59-85(63-87)95-57-69(5)67(3)55-93(95)75-31-39-79(40-32-75)99-23-11-15-51-107-99)89-19-17-20-90(103(89)81-43-45-82(46-44-81)104-109-53-18-54-110-104)84-60-86(96-58-70(6)68(4)56-94(96)76-33-41-80(42-34-76)100-24-12-16-52-108-100)64-88(62-84)102-72(8)66(2)26-48-92(102)74-29-37-78(38-30-74)98-22-10-14-50-106-98/h9-64H,1-8H3. The van der Waals surface area contributed by atoms with Crippen LogP contribution in [0.15, 0.2) is 340 Å². The third-order valence-corrected chi connectivity index (χ3v) is 22.1. The van der Waals surface area contributed by atoms with Gasteiger partial charge in [0.15, 0.2) is 5.82 Å². The normalized spacial score (nSPS) is 11.3. The molecule has 0 saturated carbocycles. The molecule has 12 aromatic carbocycles. The first kappa shape index (κ1) is 69.4. The number of rotatable bonds is 16. The van der Waals surface area contributed by atoms with Crippen molar-refractivity contribution >= 4 is 0 Å². The van der Waals surface area contributed by atoms with E-state index in [2.05, 4.69) is 304 Å². The second kappa shape index (κ2) is 29.9. The third-order valence-electron chi connectivity index (χ3n) is 22.1. The van der Waals surface area contributed by atoms with E-state index in [4.69, 9.17) is 29.9 Å². The summed E-state index contributed by atoms with van der Waals surface area (Å²) >= 11 is 0. The molecular formula is C104H80N6. The molecule has 0 atom stereocenters. The summed E-state index contributed by atoms with van der Waals surface area (Å²) in [5, 5.41) is 0. The molecule has 526 valence electrons. The van der Waals surface area contributed by atoms with Crippen molar-refractivity contribution in [2.45, 2.75) is 55.4 Å². The quantitative estimate of drug-likeness (QED) is 0.0959. The predicted octanol–water partition coefficient (Wildman–Crippen LogP) is 27.2. The molecule has 0 amide bonds. The summed E-state index contributed by atoms with van der Waals surface area (Å²) in [4.78, 5) is 28.5. The lowest BCUT2D eigenvalue weighted by molar-refractivity contribution is 1.18. The van der Waals surface area contributed by atoms with Crippen LogP contribution in [0, 0.1) is 55.4 Å². The Balaban J connectivity index is 0.936. The van der Waals surface area contributed by atoms with E-state index in [9.17, 15) is 0 Å². The molecule has 0 radical (unpaired) electrons. The van der Waals surface area contributed by atoms with Gasteiger partial charge in [0.25, 0.3) is 0 Å². The molecule has 0 aliphatic rings. The Bertz CT molecular complexity index is 5920. The fraction of sp³-hybridized carbons (Fsp3) is 0.0769. The number of pyridine rings is 4. The maximum atomic E-state index is 4.75. The van der Waals surface area contributed by atoms with Gasteiger partial charge in [0.05, 0.1) is 22.8 Å². The average Bonchev–Trinajstić information content (AvgIpc) is 0.753. The first-order chi connectivity index (χ1) is 53.8. The van der Waals surface area contributed by atoms with Crippen LogP contribution in [-0.4, -0.2) is 29.9 Å². The highest BCUT2D eigenvalue weighted by atomic mass is 14.8. The van der Waals surface area contributed by atoms with Crippen LogP contribution < -0.4 is 0 Å². The van der Waals surface area contributed by atoms with Crippen molar-refractivity contribution in [3.8, 4) is 179 Å². The Kier molecular flexibility index (Phi) is 18.9. The van der Waals surface area contributed by atoms with Crippen LogP contribution in [-0.2, 0) is 0 Å². The summed E-state index contributed by atoms with van der Waals surface area (Å²) in [6.45, 7) is 18.0. The van der Waals surface area contributed by atoms with Crippen LogP contribution in [0.3, 0.4) is 0 Å². The van der Waals surface area contributed by atoms with Crippen LogP contribution >= 0.6 is 0 Å². The van der Waals surface area contributed by atoms with Crippen LogP contribution in [0.2, 0.25) is 0 Å². The highest BCUT2D eigenvalue weighted by molar-refractivity contribution is 6.02. The number of benzene rings is 12. The maximum absolute atomic E-state index is 4.75. The zero-order valence-electron chi connectivity index (χ0n) is 63.0. The smallest absolute Gasteiger partial charge is 0.159 e. The van der Waals surface area contributed by atoms with Crippen molar-refractivity contribution < 1.29 is 0 Å². The predicted molar refractivity (Wildman–Crippen MR) is 458 cm³/mol. The lowest BCUT2D eigenvalue weighted by atomic mass is 9.81. The van der Waals surface area contributed by atoms with E-state index in [1.807, 2.05) is 91.8 Å². The molecule has 6 nitrogen and oxygen atoms in total. The van der Waals surface area contributed by atoms with Crippen molar-refractivity contribution in [3.05, 3.63) is 385 Å². The van der Waals surface area contributed by atoms with E-state index in [1.54, 1.807) is 0 Å². The minimum absolute atomic E-state index is 0.666. The molecule has 5 heterocycles. The van der Waals surface area contributed by atoms with E-state index in [0.717, 1.165) is 162 Å². The highest BCUT2D eigenvalue weighted by Gasteiger charge is 2.25. The van der Waals surface area contributed by atoms with Gasteiger partial charge in [-0.2, -0.15) is 0 Å². The Morgan fingerprint density at radius 3 is 0.745 bits per heavy atom. The molecular weight excluding hydrogens is 1330 g/mol. The van der Waals surface area contributed by atoms with Gasteiger partial charge in [-0.3, -0.25) is 19.9 Å². The van der Waals surface area contributed by atoms with Crippen molar-refractivity contribution in [3.63, 3.8) is 0 Å². The SMILES string of the molecule is Cc1cc(-c2ccc(-c3ccccn3)cc2)c(-c2cc(-c3cccc(-c4cc(-c5cc(C)c(C)cc5-c5ccc(-c6ccccn6)cc5)cc(-c5c(-c6ccc(-c7ccccn7)cc6)ccc(C)c5C)c4)c3-c3ccc(-c4ncccn4)cc3)cc(-c3c(-c4ccc(-c5ccccn5)cc4)ccc(C)c3C)c2)cc1C. The summed E-state index contributed by atoms with van der Waals surface area (Å²) in [6, 6.07) is 111. The number of nitrogens with zero attached hydrogens (tertiary/aromatic N) is 6. The van der Waals surface area contributed by atoms with Crippen molar-refractivity contribution in [1.82, 2.24) is 29.9 Å². The van der Waals surface area contributed by atoms with Gasteiger partial charge in [-0.05, 0) is 313 Å². The van der Waals surface area contributed by atoms with Gasteiger partial charge < -0.3 is 0 Å². The van der Waals surface area contributed by atoms with Crippen LogP contribution in [0.25, 0.3) is 179 Å². The van der Waals surface area contributed by atoms with E-state index < -0.39 is 0 Å². The number of hydrogen-bond acceptors (Lipinski definition) is 6. The van der Waals surface area contributed by atoms with Gasteiger partial charge >= 0.3 is 0 Å². The van der Waals surface area contributed by atoms with E-state index in [1.165, 1.54) is 55.6 Å². The van der Waals surface area contributed by atoms with E-state index >= 15 is 0 Å². The third kappa shape index (κ3) is 13.8. The molecule has 0 saturated heterocycles. The Hall–Kier alpha value is -13.7. The Labute approximate surface area is 645 Å². The monoisotopic (exact) mass is 1410 g/mol. The number of hydrogen-bond donors (Lipinski definition) is 0. The molecule has 5 aromatic heterocycles. The van der Waals surface area contributed by atoms with E-state index in [0.29, 0.717) is 5.82 Å². The zero-order chi connectivity index (χ0) is 74.9. The molecule has 0 aliphatic heterocycles. The molecule has 0 N–H and O–H groups in total. The summed E-state index contributed by atoms with van der Waals surface area (Å²) in [6.07, 6.45) is 11.1. The molecule has 0 unspecified atom stereocenters. The lowest BCUT2D eigenvalue weighted by Crippen LogP contribution is -1.98. The summed E-state index contributed by atoms with van der Waals surface area (Å²) in [5.74, 6) is 0.666. The van der Waals surface area contributed by atoms with Crippen molar-refractivity contribution in [2.75, 3.05) is 0 Å². The molecule has 0 aliphatic carbocycles. The van der Waals surface area contributed by atoms with Crippen LogP contribution in [0.4, 0.5) is 0 Å². The van der Waals surface area contributed by atoms with Crippen molar-refractivity contribution in [2.24, 2.45) is 0 Å². The van der Waals surface area contributed by atoms with Crippen molar-refractivity contribution in [1.29, 1.82) is 0 Å². The molecule has 17 aromatic rings. The Morgan fingerprint density at radius 1 is 0.155 bits per heavy atom. The average molecular weight is 1410 g/mol. The highest BCUT2D eigenvalue weighted by Crippen LogP contribution is 2.50. The first-order valence-electron chi connectivity index (χ1n) is 37.7. The van der Waals surface area contributed by atoms with Crippen LogP contribution in [0.5, 0.6) is 0 Å². The summed E-state index contributed by atoms with van der Waals surface area (Å²) in [5.41, 5.74) is 43.3. The molecule has 0 fully saturated rings. The largest absolute Gasteiger partial charge is 0.256 e. The van der Waals surface area contributed by atoms with Gasteiger partial charge in [-0.1, -0.05) is 212 Å². The Morgan fingerprint density at radius 2 is 0.418 bits per heavy atom. The molecule has 17 rings (SSSR count). The molecule has 110 heavy (non-hydrogen) atoms. The fourth-order valence-corrected chi connectivity index (χ4v) is 15.6. The summed E-state index contributed by atoms with van der Waals surface area (Å²) in [7, 11) is 0. The fourth-order valence-electron chi connectivity index (χ4n) is 15.6. The minimum Gasteiger partial charge on any atom is -0.256 e. The first-order valence-corrected chi connectivity index (χ1v) is 37.7. The second-order valence-corrected chi connectivity index (χ2v) is 29.0. The zero-order valence-corrected chi connectivity index (χ0v) is 63.0. The van der Waals surface area contributed by atoms with Crippen LogP contribution in [0.1, 0.15) is 44.5 Å². The molecule has 6 heteroatoms. The van der Waals surface area contributed by atoms with Gasteiger partial charge in [-0.15, -0.1) is 0 Å². The van der Waals surface area contributed by atoms with Gasteiger partial charge in [0, 0.05) is 65.0 Å². The second-order valence-electron chi connectivity index (χ2n) is 29.0. The number of aromatic nitrogens is 6. The maximum Gasteiger partial charge on any atom is 0.159 e. The van der Waals surface area contributed by atoms with Gasteiger partial charge in [-0.25, -0.2) is 9.97 Å². The van der Waals surface area contributed by atoms with Gasteiger partial charge in [0.2, 0.25) is 0 Å².